The van der Waals surface area contributed by atoms with Crippen molar-refractivity contribution in [1.82, 2.24) is 4.31 Å². The summed E-state index contributed by atoms with van der Waals surface area (Å²) < 4.78 is 26.5. The van der Waals surface area contributed by atoms with Gasteiger partial charge in [-0.1, -0.05) is 6.07 Å². The van der Waals surface area contributed by atoms with Gasteiger partial charge in [-0.05, 0) is 37.5 Å². The van der Waals surface area contributed by atoms with Crippen LogP contribution in [0.5, 0.6) is 0 Å². The molecule has 0 atom stereocenters. The third-order valence-corrected chi connectivity index (χ3v) is 5.86. The summed E-state index contributed by atoms with van der Waals surface area (Å²) in [5.74, 6) is 0.0539. The van der Waals surface area contributed by atoms with Crippen molar-refractivity contribution < 1.29 is 13.5 Å². The number of aliphatic hydroxyl groups is 1. The molecule has 0 amide bonds. The van der Waals surface area contributed by atoms with Crippen LogP contribution in [0.4, 0.5) is 5.69 Å². The van der Waals surface area contributed by atoms with Crippen molar-refractivity contribution in [3.05, 3.63) is 22.8 Å². The molecule has 0 spiro atoms. The average molecular weight is 284 g/mol. The first-order valence-corrected chi connectivity index (χ1v) is 7.70. The number of hydrogen-bond donors (Lipinski definition) is 2. The van der Waals surface area contributed by atoms with Crippen LogP contribution in [0.3, 0.4) is 0 Å². The zero-order valence-electron chi connectivity index (χ0n) is 11.5. The first-order chi connectivity index (χ1) is 8.78. The molecule has 0 unspecified atom stereocenters. The fourth-order valence-corrected chi connectivity index (χ4v) is 4.58. The number of rotatable bonds is 3. The van der Waals surface area contributed by atoms with Crippen LogP contribution in [-0.2, 0) is 10.0 Å². The van der Waals surface area contributed by atoms with Gasteiger partial charge in [0, 0.05) is 31.3 Å². The molecule has 0 aromatic heterocycles. The van der Waals surface area contributed by atoms with Crippen molar-refractivity contribution in [3.63, 3.8) is 0 Å². The van der Waals surface area contributed by atoms with Gasteiger partial charge in [-0.15, -0.1) is 0 Å². The second kappa shape index (κ2) is 4.77. The Morgan fingerprint density at radius 3 is 2.42 bits per heavy atom. The van der Waals surface area contributed by atoms with Crippen molar-refractivity contribution >= 4 is 15.7 Å². The van der Waals surface area contributed by atoms with Gasteiger partial charge in [0.2, 0.25) is 10.0 Å². The minimum absolute atomic E-state index is 0.0278. The molecule has 1 fully saturated rings. The van der Waals surface area contributed by atoms with Crippen molar-refractivity contribution in [2.75, 3.05) is 25.4 Å². The van der Waals surface area contributed by atoms with E-state index in [2.05, 4.69) is 0 Å². The highest BCUT2D eigenvalue weighted by molar-refractivity contribution is 7.89. The van der Waals surface area contributed by atoms with Crippen molar-refractivity contribution in [3.8, 4) is 0 Å². The van der Waals surface area contributed by atoms with E-state index in [-0.39, 0.29) is 12.5 Å². The summed E-state index contributed by atoms with van der Waals surface area (Å²) in [6, 6.07) is 1.80. The third kappa shape index (κ3) is 2.24. The van der Waals surface area contributed by atoms with Crippen molar-refractivity contribution in [1.29, 1.82) is 0 Å². The maximum atomic E-state index is 12.6. The van der Waals surface area contributed by atoms with Crippen LogP contribution < -0.4 is 5.73 Å². The fraction of sp³-hybridized carbons (Fsp3) is 0.538. The Hall–Kier alpha value is -1.11. The summed E-state index contributed by atoms with van der Waals surface area (Å²) in [6.45, 7) is 6.19. The van der Waals surface area contributed by atoms with E-state index in [1.54, 1.807) is 19.9 Å². The zero-order valence-corrected chi connectivity index (χ0v) is 12.3. The van der Waals surface area contributed by atoms with Crippen LogP contribution in [-0.4, -0.2) is 37.5 Å². The van der Waals surface area contributed by atoms with Gasteiger partial charge in [0.25, 0.3) is 0 Å². The minimum atomic E-state index is -3.50. The Labute approximate surface area is 114 Å². The van der Waals surface area contributed by atoms with Crippen LogP contribution in [0.25, 0.3) is 0 Å². The molecule has 1 saturated heterocycles. The van der Waals surface area contributed by atoms with Crippen LogP contribution in [0.1, 0.15) is 16.7 Å². The van der Waals surface area contributed by atoms with Gasteiger partial charge in [-0.3, -0.25) is 0 Å². The summed E-state index contributed by atoms with van der Waals surface area (Å²) in [7, 11) is -3.50. The molecule has 5 nitrogen and oxygen atoms in total. The Morgan fingerprint density at radius 2 is 1.89 bits per heavy atom. The summed E-state index contributed by atoms with van der Waals surface area (Å²) in [5, 5.41) is 8.99. The van der Waals surface area contributed by atoms with Gasteiger partial charge >= 0.3 is 0 Å². The SMILES string of the molecule is Cc1cc(C)c(S(=O)(=O)N2CC(CO)C2)c(C)c1N. The molecule has 1 heterocycles. The normalized spacial score (nSPS) is 17.5. The van der Waals surface area contributed by atoms with E-state index >= 15 is 0 Å². The van der Waals surface area contributed by atoms with Crippen LogP contribution in [0.2, 0.25) is 0 Å². The molecule has 0 radical (unpaired) electrons. The maximum absolute atomic E-state index is 12.6. The number of sulfonamides is 1. The van der Waals surface area contributed by atoms with Crippen molar-refractivity contribution in [2.24, 2.45) is 5.92 Å². The molecule has 0 bridgehead atoms. The highest BCUT2D eigenvalue weighted by Gasteiger charge is 2.38. The first kappa shape index (κ1) is 14.3. The van der Waals surface area contributed by atoms with Crippen LogP contribution >= 0.6 is 0 Å². The average Bonchev–Trinajstić information content (AvgIpc) is 2.23. The molecule has 1 aliphatic rings. The molecular weight excluding hydrogens is 264 g/mol. The Bertz CT molecular complexity index is 605. The van der Waals surface area contributed by atoms with E-state index in [1.165, 1.54) is 4.31 Å². The standard InChI is InChI=1S/C13H20N2O3S/c1-8-4-9(2)13(10(3)12(8)14)19(17,18)15-5-11(6-15)7-16/h4,11,16H,5-7,14H2,1-3H3. The number of benzene rings is 1. The Morgan fingerprint density at radius 1 is 1.32 bits per heavy atom. The smallest absolute Gasteiger partial charge is 0.243 e. The maximum Gasteiger partial charge on any atom is 0.243 e. The number of aliphatic hydroxyl groups excluding tert-OH is 1. The lowest BCUT2D eigenvalue weighted by molar-refractivity contribution is 0.117. The number of hydrogen-bond acceptors (Lipinski definition) is 4. The molecule has 1 aromatic rings. The minimum Gasteiger partial charge on any atom is -0.398 e. The van der Waals surface area contributed by atoms with Gasteiger partial charge in [-0.25, -0.2) is 8.42 Å². The van der Waals surface area contributed by atoms with E-state index < -0.39 is 10.0 Å². The monoisotopic (exact) mass is 284 g/mol. The van der Waals surface area contributed by atoms with Gasteiger partial charge < -0.3 is 10.8 Å². The second-order valence-electron chi connectivity index (χ2n) is 5.25. The van der Waals surface area contributed by atoms with Gasteiger partial charge in [0.05, 0.1) is 4.90 Å². The summed E-state index contributed by atoms with van der Waals surface area (Å²) >= 11 is 0. The van der Waals surface area contributed by atoms with E-state index in [1.807, 2.05) is 6.92 Å². The molecule has 19 heavy (non-hydrogen) atoms. The highest BCUT2D eigenvalue weighted by atomic mass is 32.2. The van der Waals surface area contributed by atoms with E-state index in [4.69, 9.17) is 10.8 Å². The summed E-state index contributed by atoms with van der Waals surface area (Å²) in [5.41, 5.74) is 8.70. The van der Waals surface area contributed by atoms with E-state index in [0.29, 0.717) is 29.2 Å². The number of anilines is 1. The molecule has 106 valence electrons. The number of nitrogen functional groups attached to an aromatic ring is 1. The van der Waals surface area contributed by atoms with Gasteiger partial charge in [-0.2, -0.15) is 4.31 Å². The van der Waals surface area contributed by atoms with E-state index in [9.17, 15) is 8.42 Å². The molecule has 1 aromatic carbocycles. The van der Waals surface area contributed by atoms with Crippen LogP contribution in [0.15, 0.2) is 11.0 Å². The predicted octanol–water partition coefficient (Wildman–Crippen LogP) is 0.807. The molecule has 3 N–H and O–H groups in total. The largest absolute Gasteiger partial charge is 0.398 e. The Kier molecular flexibility index (Phi) is 3.59. The molecule has 0 saturated carbocycles. The predicted molar refractivity (Wildman–Crippen MR) is 74.4 cm³/mol. The first-order valence-electron chi connectivity index (χ1n) is 6.26. The summed E-state index contributed by atoms with van der Waals surface area (Å²) in [4.78, 5) is 0.312. The molecule has 2 rings (SSSR count). The van der Waals surface area contributed by atoms with Crippen LogP contribution in [0, 0.1) is 26.7 Å². The number of nitrogens with zero attached hydrogens (tertiary/aromatic N) is 1. The zero-order chi connectivity index (χ0) is 14.4. The van der Waals surface area contributed by atoms with E-state index in [0.717, 1.165) is 11.1 Å². The lowest BCUT2D eigenvalue weighted by Gasteiger charge is -2.37. The molecule has 1 aliphatic heterocycles. The number of aryl methyl sites for hydroxylation is 2. The molecule has 0 aliphatic carbocycles. The number of nitrogens with two attached hydrogens (primary N) is 1. The Balaban J connectivity index is 2.45. The highest BCUT2D eigenvalue weighted by Crippen LogP contribution is 2.33. The second-order valence-corrected chi connectivity index (χ2v) is 7.12. The molecule has 6 heteroatoms. The third-order valence-electron chi connectivity index (χ3n) is 3.74. The van der Waals surface area contributed by atoms with Gasteiger partial charge in [0.1, 0.15) is 0 Å². The lowest BCUT2D eigenvalue weighted by atomic mass is 10.1. The lowest BCUT2D eigenvalue weighted by Crippen LogP contribution is -2.51. The quantitative estimate of drug-likeness (QED) is 0.804. The summed E-state index contributed by atoms with van der Waals surface area (Å²) in [6.07, 6.45) is 0. The topological polar surface area (TPSA) is 83.6 Å². The fourth-order valence-electron chi connectivity index (χ4n) is 2.54. The van der Waals surface area contributed by atoms with Crippen molar-refractivity contribution in [2.45, 2.75) is 25.7 Å². The van der Waals surface area contributed by atoms with Gasteiger partial charge in [0.15, 0.2) is 0 Å². The molecular formula is C13H20N2O3S.